The Morgan fingerprint density at radius 2 is 2.33 bits per heavy atom. The van der Waals surface area contributed by atoms with Crippen LogP contribution >= 0.6 is 0 Å². The van der Waals surface area contributed by atoms with Gasteiger partial charge in [0.2, 0.25) is 0 Å². The minimum absolute atomic E-state index is 0.540. The molecule has 0 aliphatic carbocycles. The highest BCUT2D eigenvalue weighted by atomic mass is 16.5. The lowest BCUT2D eigenvalue weighted by Crippen LogP contribution is -2.11. The van der Waals surface area contributed by atoms with E-state index in [9.17, 15) is 0 Å². The number of hydrogen-bond donors (Lipinski definition) is 2. The summed E-state index contributed by atoms with van der Waals surface area (Å²) in [5.41, 5.74) is 3.17. The summed E-state index contributed by atoms with van der Waals surface area (Å²) in [6.45, 7) is 1.92. The number of methoxy groups -OCH3 is 1. The van der Waals surface area contributed by atoms with Crippen LogP contribution in [0.5, 0.6) is 5.75 Å². The van der Waals surface area contributed by atoms with Crippen LogP contribution in [-0.2, 0) is 11.3 Å². The van der Waals surface area contributed by atoms with Crippen LogP contribution in [0, 0.1) is 0 Å². The zero-order chi connectivity index (χ0) is 12.4. The number of fused-ring (bicyclic) bond motifs is 3. The Kier molecular flexibility index (Phi) is 2.90. The van der Waals surface area contributed by atoms with E-state index in [-0.39, 0.29) is 0 Å². The van der Waals surface area contributed by atoms with Crippen LogP contribution in [0.25, 0.3) is 11.3 Å². The molecule has 0 unspecified atom stereocenters. The molecule has 0 spiro atoms. The van der Waals surface area contributed by atoms with E-state index in [2.05, 4.69) is 15.5 Å². The predicted molar refractivity (Wildman–Crippen MR) is 68.7 cm³/mol. The average molecular weight is 245 g/mol. The quantitative estimate of drug-likeness (QED) is 0.809. The molecule has 2 N–H and O–H groups in total. The van der Waals surface area contributed by atoms with Gasteiger partial charge in [-0.1, -0.05) is 12.1 Å². The second-order valence-electron chi connectivity index (χ2n) is 4.13. The van der Waals surface area contributed by atoms with Crippen molar-refractivity contribution >= 4 is 5.82 Å². The number of nitrogens with one attached hydrogen (secondary N) is 2. The Labute approximate surface area is 105 Å². The van der Waals surface area contributed by atoms with E-state index in [0.29, 0.717) is 13.2 Å². The molecule has 1 aromatic heterocycles. The molecule has 5 nitrogen and oxygen atoms in total. The molecule has 2 heterocycles. The SMILES string of the molecule is COCCNc1n[nH]c2c1COc1ccccc1-2. The summed E-state index contributed by atoms with van der Waals surface area (Å²) in [5, 5.41) is 10.6. The molecular weight excluding hydrogens is 230 g/mol. The topological polar surface area (TPSA) is 59.2 Å². The molecule has 0 atom stereocenters. The average Bonchev–Trinajstić information content (AvgIpc) is 2.83. The van der Waals surface area contributed by atoms with Gasteiger partial charge < -0.3 is 14.8 Å². The molecule has 0 radical (unpaired) electrons. The van der Waals surface area contributed by atoms with Gasteiger partial charge in [-0.25, -0.2) is 0 Å². The molecule has 3 rings (SSSR count). The van der Waals surface area contributed by atoms with E-state index < -0.39 is 0 Å². The van der Waals surface area contributed by atoms with Crippen molar-refractivity contribution in [3.63, 3.8) is 0 Å². The number of anilines is 1. The fourth-order valence-corrected chi connectivity index (χ4v) is 2.10. The second-order valence-corrected chi connectivity index (χ2v) is 4.13. The lowest BCUT2D eigenvalue weighted by molar-refractivity contribution is 0.210. The largest absolute Gasteiger partial charge is 0.488 e. The Hall–Kier alpha value is -2.01. The molecule has 1 aliphatic rings. The van der Waals surface area contributed by atoms with Crippen molar-refractivity contribution in [2.24, 2.45) is 0 Å². The molecule has 0 amide bonds. The van der Waals surface area contributed by atoms with Crippen LogP contribution in [0.15, 0.2) is 24.3 Å². The molecule has 1 aromatic carbocycles. The van der Waals surface area contributed by atoms with Crippen LogP contribution in [-0.4, -0.2) is 30.5 Å². The summed E-state index contributed by atoms with van der Waals surface area (Å²) in [7, 11) is 1.68. The number of H-pyrrole nitrogens is 1. The highest BCUT2D eigenvalue weighted by Crippen LogP contribution is 2.38. The van der Waals surface area contributed by atoms with E-state index >= 15 is 0 Å². The maximum Gasteiger partial charge on any atom is 0.155 e. The van der Waals surface area contributed by atoms with Gasteiger partial charge in [-0.05, 0) is 12.1 Å². The van der Waals surface area contributed by atoms with Crippen molar-refractivity contribution in [3.8, 4) is 17.0 Å². The summed E-state index contributed by atoms with van der Waals surface area (Å²) in [6, 6.07) is 7.97. The van der Waals surface area contributed by atoms with Crippen molar-refractivity contribution in [1.82, 2.24) is 10.2 Å². The van der Waals surface area contributed by atoms with Gasteiger partial charge in [-0.3, -0.25) is 5.10 Å². The van der Waals surface area contributed by atoms with E-state index in [0.717, 1.165) is 34.9 Å². The Balaban J connectivity index is 1.90. The summed E-state index contributed by atoms with van der Waals surface area (Å²) in [5.74, 6) is 1.74. The first-order valence-corrected chi connectivity index (χ1v) is 5.92. The smallest absolute Gasteiger partial charge is 0.155 e. The molecule has 5 heteroatoms. The summed E-state index contributed by atoms with van der Waals surface area (Å²) < 4.78 is 10.7. The first-order chi connectivity index (χ1) is 8.90. The molecular formula is C13H15N3O2. The van der Waals surface area contributed by atoms with E-state index in [1.54, 1.807) is 7.11 Å². The number of aromatic nitrogens is 2. The van der Waals surface area contributed by atoms with Crippen LogP contribution in [0.3, 0.4) is 0 Å². The maximum atomic E-state index is 5.72. The number of ether oxygens (including phenoxy) is 2. The van der Waals surface area contributed by atoms with Gasteiger partial charge in [0.05, 0.1) is 17.9 Å². The van der Waals surface area contributed by atoms with Crippen LogP contribution in [0.4, 0.5) is 5.82 Å². The Morgan fingerprint density at radius 3 is 3.22 bits per heavy atom. The molecule has 18 heavy (non-hydrogen) atoms. The molecule has 94 valence electrons. The third-order valence-corrected chi connectivity index (χ3v) is 2.99. The van der Waals surface area contributed by atoms with Crippen molar-refractivity contribution < 1.29 is 9.47 Å². The van der Waals surface area contributed by atoms with Gasteiger partial charge in [0.25, 0.3) is 0 Å². The Bertz CT molecular complexity index is 551. The fourth-order valence-electron chi connectivity index (χ4n) is 2.10. The molecule has 2 aromatic rings. The van der Waals surface area contributed by atoms with Crippen LogP contribution in [0.1, 0.15) is 5.56 Å². The van der Waals surface area contributed by atoms with Gasteiger partial charge in [0.15, 0.2) is 5.82 Å². The summed E-state index contributed by atoms with van der Waals surface area (Å²) in [6.07, 6.45) is 0. The standard InChI is InChI=1S/C13H15N3O2/c1-17-7-6-14-13-10-8-18-11-5-3-2-4-9(11)12(10)15-16-13/h2-5H,6-8H2,1H3,(H2,14,15,16). The third kappa shape index (κ3) is 1.82. The van der Waals surface area contributed by atoms with Crippen LogP contribution < -0.4 is 10.1 Å². The first kappa shape index (κ1) is 11.1. The van der Waals surface area contributed by atoms with Gasteiger partial charge in [-0.15, -0.1) is 0 Å². The van der Waals surface area contributed by atoms with Gasteiger partial charge >= 0.3 is 0 Å². The van der Waals surface area contributed by atoms with Crippen LogP contribution in [0.2, 0.25) is 0 Å². The Morgan fingerprint density at radius 1 is 1.44 bits per heavy atom. The first-order valence-electron chi connectivity index (χ1n) is 5.92. The van der Waals surface area contributed by atoms with Crippen molar-refractivity contribution in [2.45, 2.75) is 6.61 Å². The van der Waals surface area contributed by atoms with E-state index in [4.69, 9.17) is 9.47 Å². The zero-order valence-corrected chi connectivity index (χ0v) is 10.2. The minimum atomic E-state index is 0.540. The molecule has 0 fully saturated rings. The van der Waals surface area contributed by atoms with Crippen molar-refractivity contribution in [3.05, 3.63) is 29.8 Å². The minimum Gasteiger partial charge on any atom is -0.488 e. The molecule has 0 saturated heterocycles. The van der Waals surface area contributed by atoms with Crippen molar-refractivity contribution in [1.29, 1.82) is 0 Å². The van der Waals surface area contributed by atoms with E-state index in [1.807, 2.05) is 24.3 Å². The lowest BCUT2D eigenvalue weighted by Gasteiger charge is -2.17. The van der Waals surface area contributed by atoms with Gasteiger partial charge in [0, 0.05) is 19.2 Å². The van der Waals surface area contributed by atoms with Gasteiger partial charge in [0.1, 0.15) is 12.4 Å². The summed E-state index contributed by atoms with van der Waals surface area (Å²) in [4.78, 5) is 0. The highest BCUT2D eigenvalue weighted by molar-refractivity contribution is 5.75. The maximum absolute atomic E-state index is 5.72. The number of hydrogen-bond acceptors (Lipinski definition) is 4. The number of para-hydroxylation sites is 1. The number of nitrogens with zero attached hydrogens (tertiary/aromatic N) is 1. The zero-order valence-electron chi connectivity index (χ0n) is 10.2. The predicted octanol–water partition coefficient (Wildman–Crippen LogP) is 2.03. The lowest BCUT2D eigenvalue weighted by atomic mass is 10.0. The molecule has 0 bridgehead atoms. The second kappa shape index (κ2) is 4.70. The highest BCUT2D eigenvalue weighted by Gasteiger charge is 2.22. The fraction of sp³-hybridized carbons (Fsp3) is 0.308. The number of aromatic amines is 1. The van der Waals surface area contributed by atoms with Gasteiger partial charge in [-0.2, -0.15) is 5.10 Å². The normalized spacial score (nSPS) is 12.5. The molecule has 1 aliphatic heterocycles. The number of rotatable bonds is 4. The monoisotopic (exact) mass is 245 g/mol. The van der Waals surface area contributed by atoms with Crippen molar-refractivity contribution in [2.75, 3.05) is 25.6 Å². The number of benzene rings is 1. The van der Waals surface area contributed by atoms with E-state index in [1.165, 1.54) is 0 Å². The molecule has 0 saturated carbocycles. The summed E-state index contributed by atoms with van der Waals surface area (Å²) >= 11 is 0. The third-order valence-electron chi connectivity index (χ3n) is 2.99.